The summed E-state index contributed by atoms with van der Waals surface area (Å²) in [7, 11) is 0. The molecule has 0 atom stereocenters. The van der Waals surface area contributed by atoms with Gasteiger partial charge in [-0.15, -0.1) is 0 Å². The molecular weight excluding hydrogens is 339 g/mol. The van der Waals surface area contributed by atoms with Gasteiger partial charge in [0.2, 0.25) is 0 Å². The van der Waals surface area contributed by atoms with Gasteiger partial charge in [0.15, 0.2) is 0 Å². The van der Waals surface area contributed by atoms with Gasteiger partial charge in [-0.1, -0.05) is 28.1 Å². The number of halogens is 2. The van der Waals surface area contributed by atoms with Crippen LogP contribution in [0.3, 0.4) is 0 Å². The van der Waals surface area contributed by atoms with E-state index in [1.54, 1.807) is 0 Å². The second-order valence-corrected chi connectivity index (χ2v) is 5.56. The van der Waals surface area contributed by atoms with Crippen LogP contribution in [0.1, 0.15) is 21.7 Å². The quantitative estimate of drug-likeness (QED) is 0.757. The fraction of sp³-hybridized carbons (Fsp3) is 0.0667. The Balaban J connectivity index is 2.02. The summed E-state index contributed by atoms with van der Waals surface area (Å²) in [5.74, 6) is -1.19. The molecule has 3 rings (SSSR count). The lowest BCUT2D eigenvalue weighted by Gasteiger charge is -1.98. The smallest absolute Gasteiger partial charge is 0.338 e. The number of H-pyrrole nitrogens is 1. The Morgan fingerprint density at radius 3 is 2.67 bits per heavy atom. The van der Waals surface area contributed by atoms with Crippen LogP contribution in [0.2, 0.25) is 0 Å². The lowest BCUT2D eigenvalue weighted by Crippen LogP contribution is -1.98. The normalized spacial score (nSPS) is 11.0. The van der Waals surface area contributed by atoms with Gasteiger partial charge in [0.25, 0.3) is 0 Å². The number of aromatic amines is 1. The van der Waals surface area contributed by atoms with Crippen molar-refractivity contribution in [3.05, 3.63) is 63.6 Å². The average molecular weight is 349 g/mol. The molecule has 0 unspecified atom stereocenters. The van der Waals surface area contributed by atoms with E-state index < -0.39 is 11.8 Å². The van der Waals surface area contributed by atoms with Gasteiger partial charge in [-0.25, -0.2) is 14.2 Å². The molecule has 0 radical (unpaired) electrons. The first-order chi connectivity index (χ1) is 10.0. The van der Waals surface area contributed by atoms with E-state index >= 15 is 0 Å². The molecule has 0 aliphatic rings. The lowest BCUT2D eigenvalue weighted by atomic mass is 10.1. The molecule has 3 aromatic rings. The molecule has 0 fully saturated rings. The first-order valence-electron chi connectivity index (χ1n) is 6.19. The summed E-state index contributed by atoms with van der Waals surface area (Å²) in [6.07, 6.45) is 0.517. The number of nitrogens with one attached hydrogen (secondary N) is 1. The highest BCUT2D eigenvalue weighted by Gasteiger charge is 2.15. The van der Waals surface area contributed by atoms with E-state index in [1.165, 1.54) is 6.07 Å². The number of carboxylic acids is 1. The third-order valence-electron chi connectivity index (χ3n) is 3.12. The molecule has 0 spiro atoms. The highest BCUT2D eigenvalue weighted by Crippen LogP contribution is 2.20. The number of aromatic carboxylic acids is 1. The van der Waals surface area contributed by atoms with Crippen LogP contribution in [0, 0.1) is 5.82 Å². The molecule has 0 bridgehead atoms. The monoisotopic (exact) mass is 348 g/mol. The van der Waals surface area contributed by atoms with Crippen molar-refractivity contribution in [2.45, 2.75) is 6.42 Å². The van der Waals surface area contributed by atoms with Gasteiger partial charge < -0.3 is 10.1 Å². The van der Waals surface area contributed by atoms with Crippen LogP contribution < -0.4 is 0 Å². The summed E-state index contributed by atoms with van der Waals surface area (Å²) in [4.78, 5) is 18.4. The summed E-state index contributed by atoms with van der Waals surface area (Å²) >= 11 is 3.36. The fourth-order valence-corrected chi connectivity index (χ4v) is 2.44. The van der Waals surface area contributed by atoms with Gasteiger partial charge in [0.05, 0.1) is 11.1 Å². The van der Waals surface area contributed by atoms with Crippen molar-refractivity contribution in [1.82, 2.24) is 9.97 Å². The SMILES string of the molecule is O=C(O)c1cc(F)cc2[nH]c(Cc3ccc(Br)cc3)nc12. The van der Waals surface area contributed by atoms with Crippen LogP contribution >= 0.6 is 15.9 Å². The lowest BCUT2D eigenvalue weighted by molar-refractivity contribution is 0.0698. The van der Waals surface area contributed by atoms with Crippen molar-refractivity contribution in [2.24, 2.45) is 0 Å². The van der Waals surface area contributed by atoms with Crippen molar-refractivity contribution in [3.63, 3.8) is 0 Å². The molecule has 6 heteroatoms. The highest BCUT2D eigenvalue weighted by molar-refractivity contribution is 9.10. The van der Waals surface area contributed by atoms with Gasteiger partial charge in [0.1, 0.15) is 17.2 Å². The molecule has 2 N–H and O–H groups in total. The Hall–Kier alpha value is -2.21. The van der Waals surface area contributed by atoms with Crippen LogP contribution in [-0.4, -0.2) is 21.0 Å². The number of hydrogen-bond donors (Lipinski definition) is 2. The van der Waals surface area contributed by atoms with Gasteiger partial charge in [0, 0.05) is 10.9 Å². The van der Waals surface area contributed by atoms with E-state index in [4.69, 9.17) is 5.11 Å². The van der Waals surface area contributed by atoms with Crippen LogP contribution in [0.5, 0.6) is 0 Å². The van der Waals surface area contributed by atoms with Crippen molar-refractivity contribution >= 4 is 32.9 Å². The molecule has 0 saturated carbocycles. The molecule has 4 nitrogen and oxygen atoms in total. The highest BCUT2D eigenvalue weighted by atomic mass is 79.9. The molecular formula is C15H10BrFN2O2. The first kappa shape index (κ1) is 13.8. The Morgan fingerprint density at radius 1 is 1.29 bits per heavy atom. The summed E-state index contributed by atoms with van der Waals surface area (Å²) in [5, 5.41) is 9.11. The van der Waals surface area contributed by atoms with Crippen LogP contribution in [0.4, 0.5) is 4.39 Å². The minimum absolute atomic E-state index is 0.136. The summed E-state index contributed by atoms with van der Waals surface area (Å²) in [6.45, 7) is 0. The van der Waals surface area contributed by atoms with Gasteiger partial charge in [-0.05, 0) is 29.8 Å². The Morgan fingerprint density at radius 2 is 2.00 bits per heavy atom. The van der Waals surface area contributed by atoms with Crippen molar-refractivity contribution in [2.75, 3.05) is 0 Å². The number of imidazole rings is 1. The Kier molecular flexibility index (Phi) is 3.47. The maximum atomic E-state index is 13.4. The molecule has 0 amide bonds. The molecule has 0 aliphatic heterocycles. The number of carbonyl (C=O) groups is 1. The number of aromatic nitrogens is 2. The van der Waals surface area contributed by atoms with Crippen molar-refractivity contribution in [1.29, 1.82) is 0 Å². The number of hydrogen-bond acceptors (Lipinski definition) is 2. The maximum absolute atomic E-state index is 13.4. The predicted molar refractivity (Wildman–Crippen MR) is 80.0 cm³/mol. The molecule has 21 heavy (non-hydrogen) atoms. The van der Waals surface area contributed by atoms with E-state index in [2.05, 4.69) is 25.9 Å². The Bertz CT molecular complexity index is 828. The number of nitrogens with zero attached hydrogens (tertiary/aromatic N) is 1. The number of carboxylic acid groups (broad SMARTS) is 1. The fourth-order valence-electron chi connectivity index (χ4n) is 2.18. The zero-order valence-electron chi connectivity index (χ0n) is 10.7. The minimum Gasteiger partial charge on any atom is -0.478 e. The standard InChI is InChI=1S/C15H10BrFN2O2/c16-9-3-1-8(2-4-9)5-13-18-12-7-10(17)6-11(15(20)21)14(12)19-13/h1-4,6-7H,5H2,(H,18,19)(H,20,21). The van der Waals surface area contributed by atoms with Crippen molar-refractivity contribution in [3.8, 4) is 0 Å². The van der Waals surface area contributed by atoms with Crippen molar-refractivity contribution < 1.29 is 14.3 Å². The first-order valence-corrected chi connectivity index (χ1v) is 6.98. The number of benzene rings is 2. The molecule has 0 aliphatic carbocycles. The van der Waals surface area contributed by atoms with E-state index in [1.807, 2.05) is 24.3 Å². The molecule has 1 heterocycles. The maximum Gasteiger partial charge on any atom is 0.338 e. The zero-order valence-corrected chi connectivity index (χ0v) is 12.3. The summed E-state index contributed by atoms with van der Waals surface area (Å²) in [5.41, 5.74) is 1.55. The molecule has 0 saturated heterocycles. The second-order valence-electron chi connectivity index (χ2n) is 4.64. The molecule has 2 aromatic carbocycles. The molecule has 1 aromatic heterocycles. The Labute approximate surface area is 127 Å². The number of rotatable bonds is 3. The molecule has 106 valence electrons. The summed E-state index contributed by atoms with van der Waals surface area (Å²) in [6, 6.07) is 9.95. The van der Waals surface area contributed by atoms with Crippen LogP contribution in [-0.2, 0) is 6.42 Å². The van der Waals surface area contributed by atoms with Gasteiger partial charge >= 0.3 is 5.97 Å². The minimum atomic E-state index is -1.19. The number of fused-ring (bicyclic) bond motifs is 1. The predicted octanol–water partition coefficient (Wildman–Crippen LogP) is 3.75. The summed E-state index contributed by atoms with van der Waals surface area (Å²) < 4.78 is 14.4. The van der Waals surface area contributed by atoms with E-state index in [0.717, 1.165) is 16.1 Å². The zero-order chi connectivity index (χ0) is 15.0. The van der Waals surface area contributed by atoms with Crippen LogP contribution in [0.15, 0.2) is 40.9 Å². The van der Waals surface area contributed by atoms with E-state index in [-0.39, 0.29) is 11.1 Å². The van der Waals surface area contributed by atoms with E-state index in [0.29, 0.717) is 17.8 Å². The second kappa shape index (κ2) is 5.29. The van der Waals surface area contributed by atoms with E-state index in [9.17, 15) is 9.18 Å². The average Bonchev–Trinajstić information content (AvgIpc) is 2.82. The van der Waals surface area contributed by atoms with Crippen LogP contribution in [0.25, 0.3) is 11.0 Å². The topological polar surface area (TPSA) is 66.0 Å². The third-order valence-corrected chi connectivity index (χ3v) is 3.64. The third kappa shape index (κ3) is 2.80. The van der Waals surface area contributed by atoms with Gasteiger partial charge in [-0.2, -0.15) is 0 Å². The van der Waals surface area contributed by atoms with Gasteiger partial charge in [-0.3, -0.25) is 0 Å². The largest absolute Gasteiger partial charge is 0.478 e.